The van der Waals surface area contributed by atoms with Crippen LogP contribution in [0.3, 0.4) is 0 Å². The van der Waals surface area contributed by atoms with Gasteiger partial charge in [-0.15, -0.1) is 0 Å². The number of carbonyl (C=O) groups excluding carboxylic acids is 3. The third-order valence-electron chi connectivity index (χ3n) is 13.5. The lowest BCUT2D eigenvalue weighted by Crippen LogP contribution is -2.39. The highest BCUT2D eigenvalue weighted by molar-refractivity contribution is 6.15. The minimum atomic E-state index is -0.197. The number of amides is 2. The van der Waals surface area contributed by atoms with Crippen LogP contribution in [-0.4, -0.2) is 110 Å². The Morgan fingerprint density at radius 2 is 1.32 bits per heavy atom. The van der Waals surface area contributed by atoms with Gasteiger partial charge in [0.2, 0.25) is 0 Å². The lowest BCUT2D eigenvalue weighted by Gasteiger charge is -2.26. The highest BCUT2D eigenvalue weighted by atomic mass is 16.5. The number of methoxy groups -OCH3 is 3. The quantitative estimate of drug-likeness (QED) is 0.0625. The molecule has 5 aromatic carbocycles. The fourth-order valence-electron chi connectivity index (χ4n) is 9.76. The Morgan fingerprint density at radius 3 is 2.01 bits per heavy atom. The minimum absolute atomic E-state index is 0.0195. The first-order valence-corrected chi connectivity index (χ1v) is 24.5. The summed E-state index contributed by atoms with van der Waals surface area (Å²) < 4.78 is 41.7. The normalized spacial score (nSPS) is 16.3. The van der Waals surface area contributed by atoms with Crippen molar-refractivity contribution in [3.63, 3.8) is 0 Å². The average molecular weight is 966 g/mol. The van der Waals surface area contributed by atoms with Crippen molar-refractivity contribution in [2.45, 2.75) is 64.8 Å². The second-order valence-electron chi connectivity index (χ2n) is 18.5. The molecule has 2 atom stereocenters. The predicted molar refractivity (Wildman–Crippen MR) is 274 cm³/mol. The number of rotatable bonds is 23. The summed E-state index contributed by atoms with van der Waals surface area (Å²) in [7, 11) is 4.77. The van der Waals surface area contributed by atoms with Crippen molar-refractivity contribution < 1.29 is 47.5 Å². The molecule has 0 radical (unpaired) electrons. The molecule has 0 aromatic heterocycles. The van der Waals surface area contributed by atoms with E-state index in [1.54, 1.807) is 39.5 Å². The summed E-state index contributed by atoms with van der Waals surface area (Å²) in [6.07, 6.45) is 4.41. The van der Waals surface area contributed by atoms with E-state index in [0.717, 1.165) is 45.7 Å². The molecule has 1 N–H and O–H groups in total. The molecule has 4 aliphatic rings. The number of carbonyl (C=O) groups is 3. The van der Waals surface area contributed by atoms with Gasteiger partial charge in [-0.2, -0.15) is 0 Å². The van der Waals surface area contributed by atoms with Crippen LogP contribution in [0.15, 0.2) is 96.0 Å². The predicted octanol–water partition coefficient (Wildman–Crippen LogP) is 8.64. The number of para-hydroxylation sites is 2. The van der Waals surface area contributed by atoms with Crippen LogP contribution < -0.4 is 39.0 Å². The molecule has 9 rings (SSSR count). The van der Waals surface area contributed by atoms with Crippen LogP contribution >= 0.6 is 0 Å². The minimum Gasteiger partial charge on any atom is -0.493 e. The van der Waals surface area contributed by atoms with Crippen LogP contribution in [-0.2, 0) is 45.1 Å². The lowest BCUT2D eigenvalue weighted by molar-refractivity contribution is -0.121. The van der Waals surface area contributed by atoms with Crippen molar-refractivity contribution in [3.05, 3.63) is 124 Å². The van der Waals surface area contributed by atoms with E-state index in [-0.39, 0.29) is 48.8 Å². The molecule has 0 fully saturated rings. The molecular formula is C56H63N5O10. The molecule has 0 bridgehead atoms. The summed E-state index contributed by atoms with van der Waals surface area (Å²) in [5.74, 6) is 1.69. The highest BCUT2D eigenvalue weighted by Crippen LogP contribution is 2.43. The Labute approximate surface area is 415 Å². The van der Waals surface area contributed by atoms with Crippen molar-refractivity contribution in [1.82, 2.24) is 0 Å². The van der Waals surface area contributed by atoms with Gasteiger partial charge in [0.05, 0.1) is 81.8 Å². The topological polar surface area (TPSA) is 150 Å². The van der Waals surface area contributed by atoms with Crippen molar-refractivity contribution in [1.29, 1.82) is 0 Å². The van der Waals surface area contributed by atoms with Crippen molar-refractivity contribution in [2.75, 3.05) is 94.0 Å². The summed E-state index contributed by atoms with van der Waals surface area (Å²) in [6.45, 7) is 8.19. The van der Waals surface area contributed by atoms with E-state index >= 15 is 0 Å². The second-order valence-corrected chi connectivity index (χ2v) is 18.5. The average Bonchev–Trinajstić information content (AvgIpc) is 3.88. The van der Waals surface area contributed by atoms with Crippen molar-refractivity contribution in [2.24, 2.45) is 10.9 Å². The summed E-state index contributed by atoms with van der Waals surface area (Å²) in [5.41, 5.74) is 8.80. The molecule has 71 heavy (non-hydrogen) atoms. The number of anilines is 4. The number of nitrogens with zero attached hydrogens (tertiary/aromatic N) is 4. The third-order valence-corrected chi connectivity index (χ3v) is 13.5. The van der Waals surface area contributed by atoms with Crippen LogP contribution in [0.5, 0.6) is 23.0 Å². The van der Waals surface area contributed by atoms with E-state index in [2.05, 4.69) is 28.4 Å². The maximum atomic E-state index is 14.2. The monoisotopic (exact) mass is 965 g/mol. The van der Waals surface area contributed by atoms with E-state index in [1.165, 1.54) is 0 Å². The number of hydrogen-bond donors (Lipinski definition) is 1. The van der Waals surface area contributed by atoms with Gasteiger partial charge in [0, 0.05) is 80.9 Å². The number of aliphatic imine (C=N–C) groups is 1. The SMILES string of the molecule is COCCOCCOCCN(CCCC(=O)C(C)C)c1cc(COc2cc3c(cc2OC)C(=O)N2c4ccccc4C[C@H]2C=N3)cc(COc2cc3c(cc2OC)C(=O)N2c4ccccc4CC2CN3)c1. The van der Waals surface area contributed by atoms with Gasteiger partial charge in [-0.3, -0.25) is 24.3 Å². The number of nitrogens with one attached hydrogen (secondary N) is 1. The Balaban J connectivity index is 0.991. The van der Waals surface area contributed by atoms with Gasteiger partial charge in [0.15, 0.2) is 23.0 Å². The van der Waals surface area contributed by atoms with E-state index in [0.29, 0.717) is 117 Å². The summed E-state index contributed by atoms with van der Waals surface area (Å²) in [6, 6.07) is 29.1. The van der Waals surface area contributed by atoms with E-state index in [4.69, 9.17) is 38.2 Å². The molecule has 0 saturated heterocycles. The number of ether oxygens (including phenoxy) is 7. The number of ketones is 1. The van der Waals surface area contributed by atoms with Gasteiger partial charge in [0.1, 0.15) is 19.0 Å². The zero-order chi connectivity index (χ0) is 49.4. The standard InChI is InChI=1S/C56H63N5O10/c1-36(2)50(62)15-10-16-59(17-18-68-21-22-69-20-19-65-3)41-24-37(34-70-53-30-46-44(28-51(53)66-4)55(63)60-42(32-57-46)26-39-11-6-8-13-48(39)60)23-38(25-41)35-71-54-31-47-45(29-52(54)67-5)56(64)61-43(33-58-47)27-40-12-7-9-14-49(40)61/h6-9,11-14,23-25,28-32,36,42-43,58H,10,15-22,26-27,33-35H2,1-5H3/t42-,43?/m0/s1. The molecule has 0 aliphatic carbocycles. The molecular weight excluding hydrogens is 903 g/mol. The van der Waals surface area contributed by atoms with Crippen molar-refractivity contribution >= 4 is 52.2 Å². The first-order chi connectivity index (χ1) is 34.6. The molecule has 15 heteroatoms. The number of benzene rings is 5. The fraction of sp³-hybridized carbons (Fsp3) is 0.393. The highest BCUT2D eigenvalue weighted by Gasteiger charge is 2.39. The van der Waals surface area contributed by atoms with Gasteiger partial charge < -0.3 is 48.3 Å². The maximum absolute atomic E-state index is 14.2. The smallest absolute Gasteiger partial charge is 0.261 e. The molecule has 372 valence electrons. The third kappa shape index (κ3) is 10.9. The Kier molecular flexibility index (Phi) is 15.5. The molecule has 4 heterocycles. The molecule has 0 spiro atoms. The summed E-state index contributed by atoms with van der Waals surface area (Å²) in [4.78, 5) is 51.9. The van der Waals surface area contributed by atoms with Gasteiger partial charge in [-0.1, -0.05) is 50.2 Å². The van der Waals surface area contributed by atoms with Gasteiger partial charge >= 0.3 is 0 Å². The fourth-order valence-corrected chi connectivity index (χ4v) is 9.76. The molecule has 0 saturated carbocycles. The molecule has 5 aromatic rings. The first-order valence-electron chi connectivity index (χ1n) is 24.5. The number of fused-ring (bicyclic) bond motifs is 8. The van der Waals surface area contributed by atoms with Crippen LogP contribution in [0.1, 0.15) is 69.7 Å². The van der Waals surface area contributed by atoms with Crippen LogP contribution in [0, 0.1) is 5.92 Å². The zero-order valence-corrected chi connectivity index (χ0v) is 41.2. The van der Waals surface area contributed by atoms with Gasteiger partial charge in [-0.05, 0) is 77.6 Å². The molecule has 2 amide bonds. The van der Waals surface area contributed by atoms with Crippen molar-refractivity contribution in [3.8, 4) is 23.0 Å². The maximum Gasteiger partial charge on any atom is 0.261 e. The first kappa shape index (κ1) is 49.1. The van der Waals surface area contributed by atoms with E-state index in [1.807, 2.05) is 84.5 Å². The molecule has 1 unspecified atom stereocenters. The van der Waals surface area contributed by atoms with Crippen LogP contribution in [0.25, 0.3) is 0 Å². The molecule has 4 aliphatic heterocycles. The summed E-state index contributed by atoms with van der Waals surface area (Å²) >= 11 is 0. The van der Waals surface area contributed by atoms with Crippen LogP contribution in [0.4, 0.5) is 28.4 Å². The largest absolute Gasteiger partial charge is 0.493 e. The Bertz CT molecular complexity index is 2780. The number of Topliss-reactive ketones (excluding diaryl/α,β-unsaturated/α-hetero) is 1. The molecule has 15 nitrogen and oxygen atoms in total. The zero-order valence-electron chi connectivity index (χ0n) is 41.2. The van der Waals surface area contributed by atoms with E-state index < -0.39 is 0 Å². The lowest BCUT2D eigenvalue weighted by atomic mass is 10.0. The van der Waals surface area contributed by atoms with Gasteiger partial charge in [0.25, 0.3) is 11.8 Å². The second kappa shape index (κ2) is 22.4. The summed E-state index contributed by atoms with van der Waals surface area (Å²) in [5, 5.41) is 3.53. The number of hydrogen-bond acceptors (Lipinski definition) is 13. The Morgan fingerprint density at radius 1 is 0.704 bits per heavy atom. The van der Waals surface area contributed by atoms with Crippen LogP contribution in [0.2, 0.25) is 0 Å². The van der Waals surface area contributed by atoms with Gasteiger partial charge in [-0.25, -0.2) is 0 Å². The van der Waals surface area contributed by atoms with E-state index in [9.17, 15) is 14.4 Å². The Hall–Kier alpha value is -6.94.